The SMILES string of the molecule is CC(=O)O.CC(=O)O.O=P([O-])(O)O.[Cl-].[NH4+].[NH4+].[Na+].[OH-]. The Kier molecular flexibility index (Phi) is 87.2. The minimum absolute atomic E-state index is 0. The zero-order valence-electron chi connectivity index (χ0n) is 10.7. The van der Waals surface area contributed by atoms with Crippen LogP contribution in [0.1, 0.15) is 13.8 Å². The van der Waals surface area contributed by atoms with Crippen LogP contribution in [-0.2, 0) is 14.2 Å². The van der Waals surface area contributed by atoms with Gasteiger partial charge in [-0.15, -0.1) is 0 Å². The average Bonchev–Trinajstić information content (AvgIpc) is 1.50. The third-order valence-corrected chi connectivity index (χ3v) is 0. The van der Waals surface area contributed by atoms with E-state index in [1.807, 2.05) is 0 Å². The standard InChI is InChI=1S/2C2H4O2.ClH.2H3N.Na.H3O4P.H2O/c2*1-2(3)4;;;;;1-5(2,3)4;/h2*1H3,(H,3,4);1H;2*1H3;;(H3,1,2,3,4);1H2/q;;;;;+1;;/p-1. The van der Waals surface area contributed by atoms with Crippen LogP contribution in [0.15, 0.2) is 0 Å². The van der Waals surface area contributed by atoms with E-state index in [1.54, 1.807) is 0 Å². The fourth-order valence-corrected chi connectivity index (χ4v) is 0. The molecule has 0 bridgehead atoms. The van der Waals surface area contributed by atoms with Gasteiger partial charge in [0.2, 0.25) is 0 Å². The Hall–Kier alpha value is 0.220. The van der Waals surface area contributed by atoms with Crippen molar-refractivity contribution in [1.82, 2.24) is 12.3 Å². The number of aliphatic carboxylic acids is 2. The Labute approximate surface area is 132 Å². The molecule has 0 aromatic rings. The summed E-state index contributed by atoms with van der Waals surface area (Å²) in [7, 11) is -4.89. The molecule has 18 heavy (non-hydrogen) atoms. The fourth-order valence-electron chi connectivity index (χ4n) is 0. The minimum Gasteiger partial charge on any atom is -1.00 e. The second-order valence-electron chi connectivity index (χ2n) is 1.53. The van der Waals surface area contributed by atoms with Crippen molar-refractivity contribution < 1.29 is 86.5 Å². The van der Waals surface area contributed by atoms with E-state index in [1.165, 1.54) is 0 Å². The summed E-state index contributed by atoms with van der Waals surface area (Å²) >= 11 is 0. The van der Waals surface area contributed by atoms with Gasteiger partial charge in [0, 0.05) is 13.8 Å². The number of hydrogen-bond acceptors (Lipinski definition) is 5. The third kappa shape index (κ3) is 77600. The summed E-state index contributed by atoms with van der Waals surface area (Å²) in [5.41, 5.74) is 0. The zero-order valence-corrected chi connectivity index (χ0v) is 14.3. The monoisotopic (exact) mass is 328 g/mol. The molecule has 0 heterocycles. The van der Waals surface area contributed by atoms with Gasteiger partial charge < -0.3 is 55.1 Å². The van der Waals surface area contributed by atoms with Crippen molar-refractivity contribution in [2.75, 3.05) is 0 Å². The van der Waals surface area contributed by atoms with Crippen molar-refractivity contribution in [3.63, 3.8) is 0 Å². The summed E-state index contributed by atoms with van der Waals surface area (Å²) in [6.45, 7) is 2.17. The molecule has 11 nitrogen and oxygen atoms in total. The van der Waals surface area contributed by atoms with Gasteiger partial charge in [-0.05, 0) is 0 Å². The third-order valence-electron chi connectivity index (χ3n) is 0. The molecule has 14 heteroatoms. The van der Waals surface area contributed by atoms with Crippen molar-refractivity contribution in [1.29, 1.82) is 0 Å². The Morgan fingerprint density at radius 3 is 1.00 bits per heavy atom. The summed E-state index contributed by atoms with van der Waals surface area (Å²) in [6, 6.07) is 0. The summed E-state index contributed by atoms with van der Waals surface area (Å²) < 4.78 is 8.77. The molecule has 0 saturated heterocycles. The van der Waals surface area contributed by atoms with Crippen LogP contribution in [0, 0.1) is 0 Å². The first-order valence-corrected chi connectivity index (χ1v) is 4.15. The molecule has 0 aliphatic heterocycles. The van der Waals surface area contributed by atoms with Crippen molar-refractivity contribution in [3.8, 4) is 0 Å². The second kappa shape index (κ2) is 30.3. The largest absolute Gasteiger partial charge is 1.00 e. The van der Waals surface area contributed by atoms with Gasteiger partial charge in [0.1, 0.15) is 0 Å². The molecule has 0 aliphatic carbocycles. The van der Waals surface area contributed by atoms with Crippen molar-refractivity contribution in [2.45, 2.75) is 13.8 Å². The van der Waals surface area contributed by atoms with E-state index >= 15 is 0 Å². The van der Waals surface area contributed by atoms with Crippen LogP contribution in [0.3, 0.4) is 0 Å². The molecule has 0 aromatic carbocycles. The van der Waals surface area contributed by atoms with Crippen LogP contribution in [0.4, 0.5) is 0 Å². The second-order valence-corrected chi connectivity index (χ2v) is 2.51. The van der Waals surface area contributed by atoms with Gasteiger partial charge in [-0.3, -0.25) is 14.2 Å². The first-order valence-electron chi connectivity index (χ1n) is 2.62. The predicted octanol–water partition coefficient (Wildman–Crippen LogP) is -6.80. The quantitative estimate of drug-likeness (QED) is 0.182. The van der Waals surface area contributed by atoms with E-state index in [9.17, 15) is 0 Å². The fraction of sp³-hybridized carbons (Fsp3) is 0.500. The number of phosphoric acid groups is 1. The molecular weight excluding hydrogens is 309 g/mol. The molecule has 112 valence electrons. The van der Waals surface area contributed by atoms with E-state index in [-0.39, 0.29) is 59.7 Å². The van der Waals surface area contributed by atoms with Crippen molar-refractivity contribution in [3.05, 3.63) is 0 Å². The number of carboxylic acids is 2. The van der Waals surface area contributed by atoms with Gasteiger partial charge in [-0.1, -0.05) is 0 Å². The molecule has 0 amide bonds. The number of carbonyl (C=O) groups is 2. The molecule has 0 aliphatic rings. The van der Waals surface area contributed by atoms with Gasteiger partial charge >= 0.3 is 29.6 Å². The summed E-state index contributed by atoms with van der Waals surface area (Å²) in [4.78, 5) is 40.9. The normalized spacial score (nSPS) is 6.06. The molecule has 0 radical (unpaired) electrons. The van der Waals surface area contributed by atoms with Crippen LogP contribution in [0.2, 0.25) is 0 Å². The molecule has 0 fully saturated rings. The summed E-state index contributed by atoms with van der Waals surface area (Å²) in [5, 5.41) is 14.8. The summed E-state index contributed by atoms with van der Waals surface area (Å²) in [6.07, 6.45) is 0. The Bertz CT molecular complexity index is 184. The van der Waals surface area contributed by atoms with E-state index in [2.05, 4.69) is 0 Å². The molecule has 0 saturated carbocycles. The first kappa shape index (κ1) is 51.7. The number of rotatable bonds is 0. The zero-order chi connectivity index (χ0) is 11.7. The van der Waals surface area contributed by atoms with E-state index in [0.717, 1.165) is 13.8 Å². The molecule has 0 rings (SSSR count). The Balaban J connectivity index is -0.0000000123. The Morgan fingerprint density at radius 2 is 1.00 bits per heavy atom. The molecule has 0 spiro atoms. The Morgan fingerprint density at radius 1 is 1.00 bits per heavy atom. The summed E-state index contributed by atoms with van der Waals surface area (Å²) in [5.74, 6) is -1.67. The molecule has 0 unspecified atom stereocenters. The van der Waals surface area contributed by atoms with Crippen molar-refractivity contribution >= 4 is 19.8 Å². The van der Waals surface area contributed by atoms with Gasteiger partial charge in [-0.2, -0.15) is 0 Å². The van der Waals surface area contributed by atoms with E-state index in [0.29, 0.717) is 0 Å². The number of hydrogen-bond donors (Lipinski definition) is 6. The smallest absolute Gasteiger partial charge is 1.00 e. The van der Waals surface area contributed by atoms with Crippen LogP contribution < -0.4 is 59.2 Å². The first-order chi connectivity index (χ1) is 5.46. The van der Waals surface area contributed by atoms with Crippen LogP contribution >= 0.6 is 7.82 Å². The maximum absolute atomic E-state index is 9.00. The van der Waals surface area contributed by atoms with Gasteiger partial charge in [0.15, 0.2) is 0 Å². The van der Waals surface area contributed by atoms with Gasteiger partial charge in [0.05, 0.1) is 0 Å². The molecule has 0 atom stereocenters. The molecule has 0 aromatic heterocycles. The topological polar surface area (TPSA) is 258 Å². The number of quaternary nitrogens is 2. The van der Waals surface area contributed by atoms with Crippen molar-refractivity contribution in [2.24, 2.45) is 0 Å². The van der Waals surface area contributed by atoms with Crippen LogP contribution in [0.25, 0.3) is 0 Å². The van der Waals surface area contributed by atoms with E-state index < -0.39 is 19.8 Å². The maximum atomic E-state index is 9.00. The number of carboxylic acid groups (broad SMARTS) is 2. The molecule has 13 N–H and O–H groups in total. The van der Waals surface area contributed by atoms with Crippen LogP contribution in [0.5, 0.6) is 0 Å². The van der Waals surface area contributed by atoms with E-state index in [4.69, 9.17) is 39.0 Å². The van der Waals surface area contributed by atoms with Gasteiger partial charge in [-0.25, -0.2) is 0 Å². The average molecular weight is 329 g/mol. The minimum atomic E-state index is -4.89. The predicted molar refractivity (Wildman–Crippen MR) is 52.6 cm³/mol. The molecular formula is C4H19ClN2NaO9P. The van der Waals surface area contributed by atoms with Gasteiger partial charge in [0.25, 0.3) is 19.8 Å². The van der Waals surface area contributed by atoms with Crippen LogP contribution in [-0.4, -0.2) is 37.4 Å². The number of halogens is 1. The maximum Gasteiger partial charge on any atom is 1.00 e.